The topological polar surface area (TPSA) is 168 Å². The molecule has 7 N–H and O–H groups in total. The Labute approximate surface area is 184 Å². The van der Waals surface area contributed by atoms with Gasteiger partial charge in [0.2, 0.25) is 17.7 Å². The third-order valence-corrected chi connectivity index (χ3v) is 5.65. The second-order valence-electron chi connectivity index (χ2n) is 8.87. The molecular weight excluding hydrogens is 402 g/mol. The normalized spacial score (nSPS) is 19.2. The maximum atomic E-state index is 13.3. The van der Waals surface area contributed by atoms with Crippen molar-refractivity contribution in [2.24, 2.45) is 23.3 Å². The molecule has 1 saturated heterocycles. The van der Waals surface area contributed by atoms with Crippen LogP contribution in [0.15, 0.2) is 0 Å². The Hall–Kier alpha value is -2.20. The molecule has 1 aliphatic rings. The van der Waals surface area contributed by atoms with Gasteiger partial charge in [0.25, 0.3) is 0 Å². The summed E-state index contributed by atoms with van der Waals surface area (Å²) in [6, 6.07) is -3.35. The zero-order valence-corrected chi connectivity index (χ0v) is 19.1. The van der Waals surface area contributed by atoms with Crippen molar-refractivity contribution in [1.29, 1.82) is 0 Å². The van der Waals surface area contributed by atoms with E-state index in [1.54, 1.807) is 13.8 Å². The zero-order valence-electron chi connectivity index (χ0n) is 19.1. The Kier molecular flexibility index (Phi) is 10.9. The first-order valence-corrected chi connectivity index (χ1v) is 11.1. The predicted molar refractivity (Wildman–Crippen MR) is 117 cm³/mol. The molecule has 31 heavy (non-hydrogen) atoms. The summed E-state index contributed by atoms with van der Waals surface area (Å²) in [6.45, 7) is 7.90. The predicted octanol–water partition coefficient (Wildman–Crippen LogP) is -0.200. The first-order valence-electron chi connectivity index (χ1n) is 11.1. The van der Waals surface area contributed by atoms with Crippen LogP contribution in [0.3, 0.4) is 0 Å². The molecule has 1 fully saturated rings. The SMILES string of the molecule is CC(C)C(N)C(=O)NC(CCCCN)C(=O)N1CCCC1C(=O)NC(C(=O)O)C(C)C. The second-order valence-corrected chi connectivity index (χ2v) is 8.87. The highest BCUT2D eigenvalue weighted by atomic mass is 16.4. The van der Waals surface area contributed by atoms with Gasteiger partial charge in [0.05, 0.1) is 6.04 Å². The highest BCUT2D eigenvalue weighted by molar-refractivity contribution is 5.94. The number of nitrogens with two attached hydrogens (primary N) is 2. The molecular formula is C21H39N5O5. The number of carbonyl (C=O) groups is 4. The van der Waals surface area contributed by atoms with E-state index in [0.29, 0.717) is 45.2 Å². The first kappa shape index (κ1) is 26.8. The number of hydrogen-bond acceptors (Lipinski definition) is 6. The summed E-state index contributed by atoms with van der Waals surface area (Å²) >= 11 is 0. The summed E-state index contributed by atoms with van der Waals surface area (Å²) in [5, 5.41) is 14.7. The van der Waals surface area contributed by atoms with Crippen LogP contribution in [0, 0.1) is 11.8 Å². The molecule has 1 rings (SSSR count). The molecule has 0 aliphatic carbocycles. The van der Waals surface area contributed by atoms with E-state index < -0.39 is 42.0 Å². The Morgan fingerprint density at radius 1 is 1.06 bits per heavy atom. The Morgan fingerprint density at radius 2 is 1.71 bits per heavy atom. The maximum absolute atomic E-state index is 13.3. The molecule has 178 valence electrons. The molecule has 0 aromatic heterocycles. The summed E-state index contributed by atoms with van der Waals surface area (Å²) in [5.41, 5.74) is 11.5. The van der Waals surface area contributed by atoms with Crippen LogP contribution in [0.25, 0.3) is 0 Å². The minimum absolute atomic E-state index is 0.0888. The maximum Gasteiger partial charge on any atom is 0.326 e. The van der Waals surface area contributed by atoms with Crippen molar-refractivity contribution in [3.05, 3.63) is 0 Å². The second kappa shape index (κ2) is 12.6. The van der Waals surface area contributed by atoms with Crippen molar-refractivity contribution in [2.75, 3.05) is 13.1 Å². The van der Waals surface area contributed by atoms with Crippen LogP contribution in [-0.2, 0) is 19.2 Å². The number of likely N-dealkylation sites (tertiary alicyclic amines) is 1. The molecule has 3 amide bonds. The van der Waals surface area contributed by atoms with Gasteiger partial charge >= 0.3 is 5.97 Å². The van der Waals surface area contributed by atoms with Crippen molar-refractivity contribution in [1.82, 2.24) is 15.5 Å². The van der Waals surface area contributed by atoms with Crippen LogP contribution in [0.5, 0.6) is 0 Å². The van der Waals surface area contributed by atoms with Crippen molar-refractivity contribution in [2.45, 2.75) is 84.0 Å². The van der Waals surface area contributed by atoms with Crippen molar-refractivity contribution in [3.63, 3.8) is 0 Å². The van der Waals surface area contributed by atoms with Crippen LogP contribution >= 0.6 is 0 Å². The van der Waals surface area contributed by atoms with Gasteiger partial charge in [-0.25, -0.2) is 4.79 Å². The molecule has 0 saturated carbocycles. The molecule has 0 aromatic carbocycles. The number of carboxylic acid groups (broad SMARTS) is 1. The largest absolute Gasteiger partial charge is 0.480 e. The molecule has 4 atom stereocenters. The Morgan fingerprint density at radius 3 is 2.23 bits per heavy atom. The van der Waals surface area contributed by atoms with E-state index in [1.165, 1.54) is 4.90 Å². The monoisotopic (exact) mass is 441 g/mol. The lowest BCUT2D eigenvalue weighted by atomic mass is 10.0. The lowest BCUT2D eigenvalue weighted by Crippen LogP contribution is -2.57. The molecule has 0 bridgehead atoms. The van der Waals surface area contributed by atoms with Gasteiger partial charge in [-0.2, -0.15) is 0 Å². The van der Waals surface area contributed by atoms with Crippen molar-refractivity contribution < 1.29 is 24.3 Å². The van der Waals surface area contributed by atoms with Gasteiger partial charge in [0.15, 0.2) is 0 Å². The summed E-state index contributed by atoms with van der Waals surface area (Å²) < 4.78 is 0. The highest BCUT2D eigenvalue weighted by Crippen LogP contribution is 2.21. The number of hydrogen-bond donors (Lipinski definition) is 5. The van der Waals surface area contributed by atoms with E-state index in [2.05, 4.69) is 10.6 Å². The van der Waals surface area contributed by atoms with Crippen molar-refractivity contribution in [3.8, 4) is 0 Å². The summed E-state index contributed by atoms with van der Waals surface area (Å²) in [5.74, 6) is -2.75. The van der Waals surface area contributed by atoms with E-state index in [1.807, 2.05) is 13.8 Å². The van der Waals surface area contributed by atoms with Crippen LogP contribution < -0.4 is 22.1 Å². The number of amides is 3. The van der Waals surface area contributed by atoms with Crippen molar-refractivity contribution >= 4 is 23.7 Å². The van der Waals surface area contributed by atoms with E-state index in [0.717, 1.165) is 0 Å². The average Bonchev–Trinajstić information content (AvgIpc) is 3.19. The molecule has 10 heteroatoms. The lowest BCUT2D eigenvalue weighted by Gasteiger charge is -2.30. The van der Waals surface area contributed by atoms with Gasteiger partial charge in [0.1, 0.15) is 18.1 Å². The first-order chi connectivity index (χ1) is 14.5. The van der Waals surface area contributed by atoms with Crippen LogP contribution in [0.4, 0.5) is 0 Å². The number of nitrogens with zero attached hydrogens (tertiary/aromatic N) is 1. The highest BCUT2D eigenvalue weighted by Gasteiger charge is 2.39. The quantitative estimate of drug-likeness (QED) is 0.261. The third-order valence-electron chi connectivity index (χ3n) is 5.65. The minimum atomic E-state index is -1.12. The third kappa shape index (κ3) is 7.77. The van der Waals surface area contributed by atoms with E-state index in [-0.39, 0.29) is 17.7 Å². The zero-order chi connectivity index (χ0) is 23.7. The van der Waals surface area contributed by atoms with E-state index in [9.17, 15) is 24.3 Å². The minimum Gasteiger partial charge on any atom is -0.480 e. The van der Waals surface area contributed by atoms with E-state index >= 15 is 0 Å². The molecule has 0 aromatic rings. The smallest absolute Gasteiger partial charge is 0.326 e. The molecule has 1 heterocycles. The number of carbonyl (C=O) groups excluding carboxylic acids is 3. The fourth-order valence-electron chi connectivity index (χ4n) is 3.59. The molecule has 10 nitrogen and oxygen atoms in total. The van der Waals surface area contributed by atoms with Crippen LogP contribution in [-0.4, -0.2) is 71.0 Å². The number of aliphatic carboxylic acids is 1. The summed E-state index contributed by atoms with van der Waals surface area (Å²) in [6.07, 6.45) is 2.80. The fraction of sp³-hybridized carbons (Fsp3) is 0.810. The molecule has 4 unspecified atom stereocenters. The number of nitrogens with one attached hydrogen (secondary N) is 2. The van der Waals surface area contributed by atoms with Gasteiger partial charge < -0.3 is 32.1 Å². The van der Waals surface area contributed by atoms with Gasteiger partial charge in [-0.3, -0.25) is 14.4 Å². The number of rotatable bonds is 12. The lowest BCUT2D eigenvalue weighted by molar-refractivity contribution is -0.145. The number of carboxylic acids is 1. The molecule has 0 spiro atoms. The molecule has 1 aliphatic heterocycles. The Bertz CT molecular complexity index is 640. The summed E-state index contributed by atoms with van der Waals surface area (Å²) in [7, 11) is 0. The molecule has 0 radical (unpaired) electrons. The van der Waals surface area contributed by atoms with Crippen LogP contribution in [0.1, 0.15) is 59.8 Å². The standard InChI is InChI=1S/C21H39N5O5/c1-12(2)16(23)19(28)24-14(8-5-6-10-22)20(29)26-11-7-9-15(26)18(27)25-17(13(3)4)21(30)31/h12-17H,5-11,22-23H2,1-4H3,(H,24,28)(H,25,27)(H,30,31). The Balaban J connectivity index is 2.95. The van der Waals surface area contributed by atoms with Crippen LogP contribution in [0.2, 0.25) is 0 Å². The fourth-order valence-corrected chi connectivity index (χ4v) is 3.59. The average molecular weight is 442 g/mol. The van der Waals surface area contributed by atoms with Gasteiger partial charge in [-0.15, -0.1) is 0 Å². The summed E-state index contributed by atoms with van der Waals surface area (Å²) in [4.78, 5) is 51.4. The van der Waals surface area contributed by atoms with E-state index in [4.69, 9.17) is 11.5 Å². The van der Waals surface area contributed by atoms with Gasteiger partial charge in [-0.1, -0.05) is 27.7 Å². The van der Waals surface area contributed by atoms with Gasteiger partial charge in [-0.05, 0) is 50.5 Å². The number of unbranched alkanes of at least 4 members (excludes halogenated alkanes) is 1. The van der Waals surface area contributed by atoms with Gasteiger partial charge in [0, 0.05) is 6.54 Å².